The number of fused-ring (bicyclic) bond motifs is 1. The summed E-state index contributed by atoms with van der Waals surface area (Å²) < 4.78 is 5.40. The van der Waals surface area contributed by atoms with E-state index in [1.54, 1.807) is 54.3 Å². The molecule has 0 radical (unpaired) electrons. The van der Waals surface area contributed by atoms with Gasteiger partial charge in [0.2, 0.25) is 11.8 Å². The molecule has 2 heterocycles. The second-order valence-electron chi connectivity index (χ2n) is 8.83. The molecule has 33 heavy (non-hydrogen) atoms. The Hall–Kier alpha value is -2.63. The number of benzene rings is 2. The van der Waals surface area contributed by atoms with Crippen LogP contribution in [0.1, 0.15) is 18.1 Å². The number of carbonyl (C=O) groups is 2. The minimum absolute atomic E-state index is 0.209. The predicted octanol–water partition coefficient (Wildman–Crippen LogP) is 2.96. The lowest BCUT2D eigenvalue weighted by atomic mass is 9.82. The van der Waals surface area contributed by atoms with Crippen molar-refractivity contribution in [3.63, 3.8) is 0 Å². The van der Waals surface area contributed by atoms with Gasteiger partial charge < -0.3 is 14.7 Å². The highest BCUT2D eigenvalue weighted by atomic mass is 35.5. The van der Waals surface area contributed by atoms with Crippen LogP contribution >= 0.6 is 23.2 Å². The van der Waals surface area contributed by atoms with E-state index in [4.69, 9.17) is 27.9 Å². The second kappa shape index (κ2) is 7.71. The van der Waals surface area contributed by atoms with Crippen LogP contribution in [0.4, 0.5) is 5.69 Å². The Morgan fingerprint density at radius 2 is 1.76 bits per heavy atom. The van der Waals surface area contributed by atoms with E-state index in [9.17, 15) is 20.0 Å². The van der Waals surface area contributed by atoms with Crippen molar-refractivity contribution in [1.29, 1.82) is 5.26 Å². The van der Waals surface area contributed by atoms with Crippen molar-refractivity contribution in [3.05, 3.63) is 63.6 Å². The molecule has 2 aromatic rings. The standard InChI is InChI=1S/C24H21Cl2N3O4/c1-23-19(20(30)29(21(23)31)18-11-16(25)10-17(26)12-18)24(23,15-4-2-14(13-27)3-5-15)22(32)28-6-8-33-9-7-28/h2-5,10-12,19,21,31H,6-9H2,1H3/t19-,21?,23-,24-/m0/s1. The molecule has 9 heteroatoms. The lowest BCUT2D eigenvalue weighted by Gasteiger charge is -2.37. The van der Waals surface area contributed by atoms with E-state index in [0.717, 1.165) is 0 Å². The predicted molar refractivity (Wildman–Crippen MR) is 122 cm³/mol. The van der Waals surface area contributed by atoms with Crippen LogP contribution in [0.5, 0.6) is 0 Å². The maximum Gasteiger partial charge on any atom is 0.234 e. The number of nitriles is 1. The number of aliphatic hydroxyl groups is 1. The highest BCUT2D eigenvalue weighted by Crippen LogP contribution is 2.76. The number of anilines is 1. The number of rotatable bonds is 3. The Morgan fingerprint density at radius 1 is 1.15 bits per heavy atom. The number of hydrogen-bond donors (Lipinski definition) is 1. The number of morpholine rings is 1. The topological polar surface area (TPSA) is 93.9 Å². The lowest BCUT2D eigenvalue weighted by molar-refractivity contribution is -0.142. The summed E-state index contributed by atoms with van der Waals surface area (Å²) in [4.78, 5) is 30.7. The Kier molecular flexibility index (Phi) is 5.18. The van der Waals surface area contributed by atoms with Crippen molar-refractivity contribution in [3.8, 4) is 6.07 Å². The fourth-order valence-electron chi connectivity index (χ4n) is 5.69. The number of ether oxygens (including phenoxy) is 1. The fraction of sp³-hybridized carbons (Fsp3) is 0.375. The third-order valence-electron chi connectivity index (χ3n) is 7.29. The van der Waals surface area contributed by atoms with Crippen LogP contribution in [0, 0.1) is 22.7 Å². The van der Waals surface area contributed by atoms with Gasteiger partial charge in [0.25, 0.3) is 0 Å². The van der Waals surface area contributed by atoms with Gasteiger partial charge in [0, 0.05) is 34.2 Å². The molecule has 2 aliphatic heterocycles. The normalized spacial score (nSPS) is 30.7. The highest BCUT2D eigenvalue weighted by Gasteiger charge is 2.89. The van der Waals surface area contributed by atoms with E-state index in [-0.39, 0.29) is 11.8 Å². The van der Waals surface area contributed by atoms with E-state index in [2.05, 4.69) is 6.07 Å². The summed E-state index contributed by atoms with van der Waals surface area (Å²) in [6, 6.07) is 13.4. The van der Waals surface area contributed by atoms with Crippen LogP contribution in [-0.2, 0) is 19.7 Å². The highest BCUT2D eigenvalue weighted by molar-refractivity contribution is 6.35. The van der Waals surface area contributed by atoms with Gasteiger partial charge in [-0.1, -0.05) is 42.3 Å². The smallest absolute Gasteiger partial charge is 0.234 e. The Balaban J connectivity index is 1.61. The molecule has 3 fully saturated rings. The molecule has 170 valence electrons. The average molecular weight is 486 g/mol. The molecule has 2 aromatic carbocycles. The molecule has 0 bridgehead atoms. The minimum Gasteiger partial charge on any atom is -0.378 e. The average Bonchev–Trinajstić information content (AvgIpc) is 3.33. The maximum absolute atomic E-state index is 14.0. The first-order chi connectivity index (χ1) is 15.8. The number of piperidine rings is 1. The third kappa shape index (κ3) is 2.95. The molecule has 1 aliphatic carbocycles. The van der Waals surface area contributed by atoms with Gasteiger partial charge in [-0.25, -0.2) is 0 Å². The quantitative estimate of drug-likeness (QED) is 0.720. The van der Waals surface area contributed by atoms with Crippen LogP contribution < -0.4 is 4.90 Å². The molecule has 1 N–H and O–H groups in total. The summed E-state index contributed by atoms with van der Waals surface area (Å²) in [5, 5.41) is 21.4. The summed E-state index contributed by atoms with van der Waals surface area (Å²) in [5.74, 6) is -1.35. The summed E-state index contributed by atoms with van der Waals surface area (Å²) in [6.07, 6.45) is -1.27. The first-order valence-corrected chi connectivity index (χ1v) is 11.4. The lowest BCUT2D eigenvalue weighted by Crippen LogP contribution is -2.53. The summed E-state index contributed by atoms with van der Waals surface area (Å²) in [7, 11) is 0. The van der Waals surface area contributed by atoms with Crippen molar-refractivity contribution in [2.75, 3.05) is 31.2 Å². The molecule has 1 saturated carbocycles. The van der Waals surface area contributed by atoms with E-state index in [1.807, 2.05) is 0 Å². The van der Waals surface area contributed by atoms with Crippen LogP contribution in [0.3, 0.4) is 0 Å². The van der Waals surface area contributed by atoms with Crippen molar-refractivity contribution < 1.29 is 19.4 Å². The number of hydrogen-bond acceptors (Lipinski definition) is 5. The van der Waals surface area contributed by atoms with Crippen molar-refractivity contribution >= 4 is 40.7 Å². The second-order valence-corrected chi connectivity index (χ2v) is 9.70. The molecule has 3 aliphatic rings. The largest absolute Gasteiger partial charge is 0.378 e. The maximum atomic E-state index is 14.0. The Morgan fingerprint density at radius 3 is 2.27 bits per heavy atom. The van der Waals surface area contributed by atoms with Gasteiger partial charge in [0.1, 0.15) is 6.23 Å². The van der Waals surface area contributed by atoms with Gasteiger partial charge in [0.15, 0.2) is 0 Å². The Bertz CT molecular complexity index is 1170. The molecule has 5 rings (SSSR count). The van der Waals surface area contributed by atoms with Crippen LogP contribution in [0.25, 0.3) is 0 Å². The van der Waals surface area contributed by atoms with Crippen LogP contribution in [0.15, 0.2) is 42.5 Å². The molecule has 2 saturated heterocycles. The number of nitrogens with zero attached hydrogens (tertiary/aromatic N) is 3. The minimum atomic E-state index is -1.27. The third-order valence-corrected chi connectivity index (χ3v) is 7.73. The molecular weight excluding hydrogens is 465 g/mol. The van der Waals surface area contributed by atoms with E-state index in [0.29, 0.717) is 53.2 Å². The summed E-state index contributed by atoms with van der Waals surface area (Å²) in [6.45, 7) is 3.43. The molecule has 0 spiro atoms. The zero-order valence-corrected chi connectivity index (χ0v) is 19.3. The van der Waals surface area contributed by atoms with Crippen molar-refractivity contribution in [2.45, 2.75) is 18.6 Å². The zero-order valence-electron chi connectivity index (χ0n) is 17.8. The van der Waals surface area contributed by atoms with Crippen LogP contribution in [0.2, 0.25) is 10.0 Å². The van der Waals surface area contributed by atoms with Crippen LogP contribution in [-0.4, -0.2) is 54.4 Å². The van der Waals surface area contributed by atoms with Gasteiger partial charge >= 0.3 is 0 Å². The van der Waals surface area contributed by atoms with Gasteiger partial charge in [-0.15, -0.1) is 0 Å². The zero-order chi connectivity index (χ0) is 23.5. The van der Waals surface area contributed by atoms with E-state index < -0.39 is 23.0 Å². The number of amides is 2. The first kappa shape index (κ1) is 22.2. The molecular formula is C24H21Cl2N3O4. The van der Waals surface area contributed by atoms with Crippen molar-refractivity contribution in [2.24, 2.45) is 11.3 Å². The number of halogens is 2. The monoisotopic (exact) mass is 485 g/mol. The molecule has 1 unspecified atom stereocenters. The van der Waals surface area contributed by atoms with Gasteiger partial charge in [0.05, 0.1) is 36.2 Å². The van der Waals surface area contributed by atoms with Gasteiger partial charge in [-0.05, 0) is 35.9 Å². The summed E-state index contributed by atoms with van der Waals surface area (Å²) >= 11 is 12.3. The summed E-state index contributed by atoms with van der Waals surface area (Å²) in [5.41, 5.74) is -0.880. The number of carbonyl (C=O) groups excluding carboxylic acids is 2. The molecule has 7 nitrogen and oxygen atoms in total. The molecule has 4 atom stereocenters. The SMILES string of the molecule is C[C@@]12C(O)N(c3cc(Cl)cc(Cl)c3)C(=O)[C@@H]1[C@]2(C(=O)N1CCOCC1)c1ccc(C#N)cc1. The van der Waals surface area contributed by atoms with Gasteiger partial charge in [-0.3, -0.25) is 14.5 Å². The van der Waals surface area contributed by atoms with E-state index >= 15 is 0 Å². The fourth-order valence-corrected chi connectivity index (χ4v) is 6.20. The number of aliphatic hydroxyl groups excluding tert-OH is 1. The Labute approximate surface area is 201 Å². The van der Waals surface area contributed by atoms with Crippen molar-refractivity contribution in [1.82, 2.24) is 4.90 Å². The molecule has 2 amide bonds. The molecule has 0 aromatic heterocycles. The first-order valence-electron chi connectivity index (χ1n) is 10.6. The van der Waals surface area contributed by atoms with E-state index in [1.165, 1.54) is 4.90 Å². The van der Waals surface area contributed by atoms with Gasteiger partial charge in [-0.2, -0.15) is 5.26 Å².